The van der Waals surface area contributed by atoms with Crippen molar-refractivity contribution in [1.82, 2.24) is 10.2 Å². The smallest absolute Gasteiger partial charge is 0.194 e. The van der Waals surface area contributed by atoms with E-state index in [4.69, 9.17) is 0 Å². The highest BCUT2D eigenvalue weighted by Gasteiger charge is 2.53. The van der Waals surface area contributed by atoms with Gasteiger partial charge in [-0.1, -0.05) is 19.9 Å². The van der Waals surface area contributed by atoms with Crippen LogP contribution in [-0.2, 0) is 6.54 Å². The number of benzene rings is 1. The summed E-state index contributed by atoms with van der Waals surface area (Å²) in [5.41, 5.74) is 0.991. The van der Waals surface area contributed by atoms with E-state index in [1.807, 2.05) is 6.92 Å². The molecule has 0 aliphatic carbocycles. The van der Waals surface area contributed by atoms with Gasteiger partial charge in [0.05, 0.1) is 6.54 Å². The lowest BCUT2D eigenvalue weighted by Gasteiger charge is -2.62. The van der Waals surface area contributed by atoms with Crippen molar-refractivity contribution < 1.29 is 9.50 Å². The Morgan fingerprint density at radius 3 is 2.55 bits per heavy atom. The fourth-order valence-electron chi connectivity index (χ4n) is 2.61. The van der Waals surface area contributed by atoms with Gasteiger partial charge in [-0.3, -0.25) is 0 Å². The summed E-state index contributed by atoms with van der Waals surface area (Å²) in [7, 11) is 0. The Bertz CT molecular complexity index is 581. The molecule has 0 radical (unpaired) electrons. The summed E-state index contributed by atoms with van der Waals surface area (Å²) in [5, 5.41) is 12.5. The van der Waals surface area contributed by atoms with Crippen molar-refractivity contribution in [3.8, 4) is 5.75 Å². The van der Waals surface area contributed by atoms with E-state index >= 15 is 0 Å². The maximum atomic E-state index is 13.4. The van der Waals surface area contributed by atoms with Crippen LogP contribution in [0.5, 0.6) is 5.75 Å². The molecule has 0 aromatic heterocycles. The predicted molar refractivity (Wildman–Crippen MR) is 87.4 cm³/mol. The standard InChI is InChI=1S/C17H26FN3O/c1-6-19-15(21-11-16(2,3)17(21,4)5)20-10-12-7-8-14(22)13(18)9-12/h7-9,22H,6,10-11H2,1-5H3,(H,19,20). The van der Waals surface area contributed by atoms with Gasteiger partial charge in [0, 0.05) is 24.0 Å². The maximum Gasteiger partial charge on any atom is 0.194 e. The fraction of sp³-hybridized carbons (Fsp3) is 0.588. The lowest BCUT2D eigenvalue weighted by Crippen LogP contribution is -2.72. The number of likely N-dealkylation sites (tertiary alicyclic amines) is 1. The Hall–Kier alpha value is -1.78. The van der Waals surface area contributed by atoms with Gasteiger partial charge in [0.1, 0.15) is 0 Å². The number of guanidine groups is 1. The quantitative estimate of drug-likeness (QED) is 0.666. The van der Waals surface area contributed by atoms with Crippen LogP contribution in [0.3, 0.4) is 0 Å². The number of phenols is 1. The lowest BCUT2D eigenvalue weighted by atomic mass is 9.65. The van der Waals surface area contributed by atoms with Crippen LogP contribution in [-0.4, -0.2) is 34.6 Å². The molecule has 1 fully saturated rings. The molecule has 22 heavy (non-hydrogen) atoms. The molecule has 5 heteroatoms. The summed E-state index contributed by atoms with van der Waals surface area (Å²) in [4.78, 5) is 6.88. The van der Waals surface area contributed by atoms with Gasteiger partial charge in [-0.05, 0) is 38.5 Å². The molecule has 0 spiro atoms. The van der Waals surface area contributed by atoms with Crippen LogP contribution in [0.1, 0.15) is 40.2 Å². The molecule has 1 aliphatic rings. The van der Waals surface area contributed by atoms with Gasteiger partial charge in [-0.15, -0.1) is 0 Å². The highest BCUT2D eigenvalue weighted by molar-refractivity contribution is 5.82. The Kier molecular flexibility index (Phi) is 4.36. The first-order chi connectivity index (χ1) is 10.2. The van der Waals surface area contributed by atoms with Crippen molar-refractivity contribution in [2.45, 2.75) is 46.7 Å². The molecular weight excluding hydrogens is 281 g/mol. The van der Waals surface area contributed by atoms with Crippen molar-refractivity contribution in [2.75, 3.05) is 13.1 Å². The Labute approximate surface area is 132 Å². The van der Waals surface area contributed by atoms with Crippen molar-refractivity contribution in [1.29, 1.82) is 0 Å². The zero-order valence-corrected chi connectivity index (χ0v) is 14.1. The first kappa shape index (κ1) is 16.6. The van der Waals surface area contributed by atoms with Crippen LogP contribution in [0.15, 0.2) is 23.2 Å². The van der Waals surface area contributed by atoms with Crippen molar-refractivity contribution in [2.24, 2.45) is 10.4 Å². The molecule has 0 unspecified atom stereocenters. The molecule has 1 heterocycles. The number of aliphatic imine (C=N–C) groups is 1. The van der Waals surface area contributed by atoms with Crippen LogP contribution >= 0.6 is 0 Å². The number of nitrogens with one attached hydrogen (secondary N) is 1. The molecule has 0 amide bonds. The Morgan fingerprint density at radius 2 is 2.05 bits per heavy atom. The second kappa shape index (κ2) is 5.78. The van der Waals surface area contributed by atoms with Crippen LogP contribution in [0, 0.1) is 11.2 Å². The third kappa shape index (κ3) is 2.89. The molecule has 0 bridgehead atoms. The van der Waals surface area contributed by atoms with Gasteiger partial charge < -0.3 is 15.3 Å². The minimum Gasteiger partial charge on any atom is -0.505 e. The molecular formula is C17H26FN3O. The first-order valence-corrected chi connectivity index (χ1v) is 7.72. The lowest BCUT2D eigenvalue weighted by molar-refractivity contribution is -0.0667. The van der Waals surface area contributed by atoms with E-state index in [9.17, 15) is 9.50 Å². The minimum atomic E-state index is -0.608. The first-order valence-electron chi connectivity index (χ1n) is 7.72. The topological polar surface area (TPSA) is 47.9 Å². The number of aromatic hydroxyl groups is 1. The summed E-state index contributed by atoms with van der Waals surface area (Å²) >= 11 is 0. The van der Waals surface area contributed by atoms with Crippen molar-refractivity contribution in [3.05, 3.63) is 29.6 Å². The average molecular weight is 307 g/mol. The highest BCUT2D eigenvalue weighted by atomic mass is 19.1. The molecule has 1 aromatic carbocycles. The summed E-state index contributed by atoms with van der Waals surface area (Å²) in [6, 6.07) is 4.38. The number of hydrogen-bond donors (Lipinski definition) is 2. The second-order valence-corrected chi connectivity index (χ2v) is 6.98. The number of phenolic OH excluding ortho intramolecular Hbond substituents is 1. The molecule has 1 aromatic rings. The van der Waals surface area contributed by atoms with Gasteiger partial charge in [-0.25, -0.2) is 9.38 Å². The monoisotopic (exact) mass is 307 g/mol. The van der Waals surface area contributed by atoms with E-state index in [1.54, 1.807) is 6.07 Å². The van der Waals surface area contributed by atoms with E-state index in [1.165, 1.54) is 12.1 Å². The molecule has 4 nitrogen and oxygen atoms in total. The zero-order chi connectivity index (χ0) is 16.5. The molecule has 1 saturated heterocycles. The number of halogens is 1. The maximum absolute atomic E-state index is 13.4. The summed E-state index contributed by atoms with van der Waals surface area (Å²) in [6.07, 6.45) is 0. The molecule has 1 aliphatic heterocycles. The Balaban J connectivity index is 2.16. The van der Waals surface area contributed by atoms with Gasteiger partial charge in [0.15, 0.2) is 17.5 Å². The zero-order valence-electron chi connectivity index (χ0n) is 14.1. The van der Waals surface area contributed by atoms with E-state index < -0.39 is 5.82 Å². The molecule has 2 rings (SSSR count). The van der Waals surface area contributed by atoms with Crippen LogP contribution in [0.25, 0.3) is 0 Å². The van der Waals surface area contributed by atoms with Gasteiger partial charge in [-0.2, -0.15) is 0 Å². The Morgan fingerprint density at radius 1 is 1.36 bits per heavy atom. The van der Waals surface area contributed by atoms with Crippen molar-refractivity contribution in [3.63, 3.8) is 0 Å². The number of hydrogen-bond acceptors (Lipinski definition) is 2. The molecule has 0 saturated carbocycles. The number of rotatable bonds is 3. The predicted octanol–water partition coefficient (Wildman–Crippen LogP) is 3.12. The van der Waals surface area contributed by atoms with E-state index in [-0.39, 0.29) is 16.7 Å². The van der Waals surface area contributed by atoms with Gasteiger partial charge in [0.25, 0.3) is 0 Å². The SMILES string of the molecule is CCNC(=NCc1ccc(O)c(F)c1)N1CC(C)(C)C1(C)C. The molecule has 0 atom stereocenters. The van der Waals surface area contributed by atoms with E-state index in [0.717, 1.165) is 24.6 Å². The van der Waals surface area contributed by atoms with E-state index in [0.29, 0.717) is 6.54 Å². The summed E-state index contributed by atoms with van der Waals surface area (Å²) in [6.45, 7) is 13.1. The highest BCUT2D eigenvalue weighted by Crippen LogP contribution is 2.46. The van der Waals surface area contributed by atoms with Gasteiger partial charge in [0.2, 0.25) is 0 Å². The van der Waals surface area contributed by atoms with Gasteiger partial charge >= 0.3 is 0 Å². The summed E-state index contributed by atoms with van der Waals surface area (Å²) in [5.74, 6) is -0.0892. The van der Waals surface area contributed by atoms with Crippen LogP contribution < -0.4 is 5.32 Å². The second-order valence-electron chi connectivity index (χ2n) is 6.98. The summed E-state index contributed by atoms with van der Waals surface area (Å²) < 4.78 is 13.4. The third-order valence-electron chi connectivity index (χ3n) is 4.90. The molecule has 2 N–H and O–H groups in total. The third-order valence-corrected chi connectivity index (χ3v) is 4.90. The number of nitrogens with zero attached hydrogens (tertiary/aromatic N) is 2. The van der Waals surface area contributed by atoms with Crippen LogP contribution in [0.4, 0.5) is 4.39 Å². The fourth-order valence-corrected chi connectivity index (χ4v) is 2.61. The normalized spacial score (nSPS) is 19.7. The van der Waals surface area contributed by atoms with Crippen molar-refractivity contribution >= 4 is 5.96 Å². The van der Waals surface area contributed by atoms with Crippen LogP contribution in [0.2, 0.25) is 0 Å². The average Bonchev–Trinajstić information content (AvgIpc) is 2.45. The minimum absolute atomic E-state index is 0.0220. The van der Waals surface area contributed by atoms with E-state index in [2.05, 4.69) is 42.9 Å². The molecule has 122 valence electrons. The largest absolute Gasteiger partial charge is 0.505 e.